The van der Waals surface area contributed by atoms with Crippen LogP contribution in [0, 0.1) is 0 Å². The van der Waals surface area contributed by atoms with Gasteiger partial charge in [0.05, 0.1) is 11.2 Å². The van der Waals surface area contributed by atoms with Gasteiger partial charge in [-0.3, -0.25) is 4.98 Å². The molecule has 0 bridgehead atoms. The third-order valence-electron chi connectivity index (χ3n) is 3.00. The van der Waals surface area contributed by atoms with Gasteiger partial charge in [-0.05, 0) is 39.1 Å². The molecule has 3 heteroatoms. The summed E-state index contributed by atoms with van der Waals surface area (Å²) in [5, 5.41) is 1.43. The molecule has 0 aliphatic carbocycles. The SMILES string of the molecule is CC(Cl)CCN(C)Cc1ccc2ccccc2n1. The van der Waals surface area contributed by atoms with Crippen LogP contribution in [-0.2, 0) is 6.54 Å². The smallest absolute Gasteiger partial charge is 0.0705 e. The Morgan fingerprint density at radius 2 is 2.00 bits per heavy atom. The highest BCUT2D eigenvalue weighted by Gasteiger charge is 2.04. The maximum atomic E-state index is 5.96. The van der Waals surface area contributed by atoms with E-state index in [-0.39, 0.29) is 5.38 Å². The van der Waals surface area contributed by atoms with Gasteiger partial charge in [0.25, 0.3) is 0 Å². The minimum Gasteiger partial charge on any atom is -0.300 e. The second kappa shape index (κ2) is 6.17. The lowest BCUT2D eigenvalue weighted by molar-refractivity contribution is 0.318. The van der Waals surface area contributed by atoms with Crippen LogP contribution in [0.4, 0.5) is 0 Å². The van der Waals surface area contributed by atoms with E-state index in [9.17, 15) is 0 Å². The summed E-state index contributed by atoms with van der Waals surface area (Å²) in [6.45, 7) is 3.90. The molecular formula is C15H19ClN2. The lowest BCUT2D eigenvalue weighted by atomic mass is 10.2. The molecule has 1 aromatic heterocycles. The standard InChI is InChI=1S/C15H19ClN2/c1-12(16)9-10-18(2)11-14-8-7-13-5-3-4-6-15(13)17-14/h3-8,12H,9-11H2,1-2H3. The van der Waals surface area contributed by atoms with E-state index < -0.39 is 0 Å². The zero-order chi connectivity index (χ0) is 13.0. The summed E-state index contributed by atoms with van der Waals surface area (Å²) in [4.78, 5) is 6.93. The molecule has 1 aromatic carbocycles. The maximum Gasteiger partial charge on any atom is 0.0705 e. The van der Waals surface area contributed by atoms with Crippen molar-refractivity contribution < 1.29 is 0 Å². The van der Waals surface area contributed by atoms with Gasteiger partial charge in [0, 0.05) is 17.3 Å². The van der Waals surface area contributed by atoms with Crippen molar-refractivity contribution in [1.82, 2.24) is 9.88 Å². The largest absolute Gasteiger partial charge is 0.300 e. The van der Waals surface area contributed by atoms with Crippen LogP contribution in [0.5, 0.6) is 0 Å². The van der Waals surface area contributed by atoms with Crippen molar-refractivity contribution in [3.8, 4) is 0 Å². The number of benzene rings is 1. The first-order chi connectivity index (χ1) is 8.65. The summed E-state index contributed by atoms with van der Waals surface area (Å²) >= 11 is 5.96. The molecule has 0 spiro atoms. The molecule has 1 heterocycles. The Bertz CT molecular complexity index is 511. The van der Waals surface area contributed by atoms with Gasteiger partial charge in [-0.15, -0.1) is 11.6 Å². The number of halogens is 1. The number of alkyl halides is 1. The van der Waals surface area contributed by atoms with Gasteiger partial charge in [0.1, 0.15) is 0 Å². The molecule has 2 rings (SSSR count). The molecule has 0 radical (unpaired) electrons. The van der Waals surface area contributed by atoms with E-state index in [1.54, 1.807) is 0 Å². The van der Waals surface area contributed by atoms with Crippen molar-refractivity contribution in [3.63, 3.8) is 0 Å². The van der Waals surface area contributed by atoms with Crippen LogP contribution < -0.4 is 0 Å². The van der Waals surface area contributed by atoms with E-state index in [1.807, 2.05) is 19.1 Å². The van der Waals surface area contributed by atoms with Crippen LogP contribution in [-0.4, -0.2) is 28.9 Å². The molecule has 1 unspecified atom stereocenters. The Balaban J connectivity index is 2.03. The Labute approximate surface area is 114 Å². The molecule has 0 aliphatic rings. The fraction of sp³-hybridized carbons (Fsp3) is 0.400. The molecule has 96 valence electrons. The third-order valence-corrected chi connectivity index (χ3v) is 3.21. The Morgan fingerprint density at radius 1 is 1.22 bits per heavy atom. The number of pyridine rings is 1. The molecule has 0 saturated carbocycles. The Kier molecular flexibility index (Phi) is 4.56. The highest BCUT2D eigenvalue weighted by atomic mass is 35.5. The Hall–Kier alpha value is -1.12. The highest BCUT2D eigenvalue weighted by molar-refractivity contribution is 6.20. The third kappa shape index (κ3) is 3.69. The number of rotatable bonds is 5. The second-order valence-corrected chi connectivity index (χ2v) is 5.55. The van der Waals surface area contributed by atoms with Crippen LogP contribution >= 0.6 is 11.6 Å². The van der Waals surface area contributed by atoms with E-state index in [2.05, 4.69) is 41.2 Å². The summed E-state index contributed by atoms with van der Waals surface area (Å²) < 4.78 is 0. The van der Waals surface area contributed by atoms with Crippen molar-refractivity contribution in [3.05, 3.63) is 42.1 Å². The summed E-state index contributed by atoms with van der Waals surface area (Å²) in [5.41, 5.74) is 2.17. The summed E-state index contributed by atoms with van der Waals surface area (Å²) in [7, 11) is 2.11. The average molecular weight is 263 g/mol. The zero-order valence-corrected chi connectivity index (χ0v) is 11.7. The van der Waals surface area contributed by atoms with E-state index >= 15 is 0 Å². The minimum atomic E-state index is 0.233. The minimum absolute atomic E-state index is 0.233. The molecule has 0 aliphatic heterocycles. The maximum absolute atomic E-state index is 5.96. The van der Waals surface area contributed by atoms with Gasteiger partial charge < -0.3 is 4.90 Å². The first kappa shape index (κ1) is 13.3. The normalized spacial score (nSPS) is 13.1. The van der Waals surface area contributed by atoms with Gasteiger partial charge in [-0.1, -0.05) is 24.3 Å². The number of fused-ring (bicyclic) bond motifs is 1. The van der Waals surface area contributed by atoms with Crippen LogP contribution in [0.25, 0.3) is 10.9 Å². The lowest BCUT2D eigenvalue weighted by Crippen LogP contribution is -2.21. The molecule has 18 heavy (non-hydrogen) atoms. The van der Waals surface area contributed by atoms with Crippen LogP contribution in [0.1, 0.15) is 19.0 Å². The molecule has 2 aromatic rings. The zero-order valence-electron chi connectivity index (χ0n) is 10.9. The summed E-state index contributed by atoms with van der Waals surface area (Å²) in [5.74, 6) is 0. The van der Waals surface area contributed by atoms with Gasteiger partial charge in [-0.25, -0.2) is 0 Å². The predicted molar refractivity (Wildman–Crippen MR) is 78.0 cm³/mol. The quantitative estimate of drug-likeness (QED) is 0.764. The van der Waals surface area contributed by atoms with Crippen LogP contribution in [0.15, 0.2) is 36.4 Å². The monoisotopic (exact) mass is 262 g/mol. The van der Waals surface area contributed by atoms with Crippen molar-refractivity contribution in [2.75, 3.05) is 13.6 Å². The molecular weight excluding hydrogens is 244 g/mol. The molecule has 0 fully saturated rings. The number of aromatic nitrogens is 1. The fourth-order valence-electron chi connectivity index (χ4n) is 1.95. The van der Waals surface area contributed by atoms with E-state index in [4.69, 9.17) is 11.6 Å². The average Bonchev–Trinajstić information content (AvgIpc) is 2.36. The fourth-order valence-corrected chi connectivity index (χ4v) is 2.05. The van der Waals surface area contributed by atoms with E-state index in [0.717, 1.165) is 30.7 Å². The van der Waals surface area contributed by atoms with Crippen molar-refractivity contribution >= 4 is 22.5 Å². The van der Waals surface area contributed by atoms with Crippen LogP contribution in [0.3, 0.4) is 0 Å². The Morgan fingerprint density at radius 3 is 2.78 bits per heavy atom. The van der Waals surface area contributed by atoms with Crippen LogP contribution in [0.2, 0.25) is 0 Å². The molecule has 0 amide bonds. The predicted octanol–water partition coefficient (Wildman–Crippen LogP) is 3.68. The number of hydrogen-bond donors (Lipinski definition) is 0. The van der Waals surface area contributed by atoms with Gasteiger partial charge >= 0.3 is 0 Å². The first-order valence-electron chi connectivity index (χ1n) is 6.32. The second-order valence-electron chi connectivity index (χ2n) is 4.80. The number of hydrogen-bond acceptors (Lipinski definition) is 2. The molecule has 1 atom stereocenters. The number of nitrogens with zero attached hydrogens (tertiary/aromatic N) is 2. The molecule has 0 N–H and O–H groups in total. The topological polar surface area (TPSA) is 16.1 Å². The molecule has 2 nitrogen and oxygen atoms in total. The van der Waals surface area contributed by atoms with Gasteiger partial charge in [0.2, 0.25) is 0 Å². The van der Waals surface area contributed by atoms with Crippen molar-refractivity contribution in [2.24, 2.45) is 0 Å². The summed E-state index contributed by atoms with van der Waals surface area (Å²) in [6.07, 6.45) is 1.01. The lowest BCUT2D eigenvalue weighted by Gasteiger charge is -2.17. The van der Waals surface area contributed by atoms with Crippen molar-refractivity contribution in [1.29, 1.82) is 0 Å². The number of para-hydroxylation sites is 1. The van der Waals surface area contributed by atoms with E-state index in [0.29, 0.717) is 0 Å². The van der Waals surface area contributed by atoms with Crippen molar-refractivity contribution in [2.45, 2.75) is 25.3 Å². The van der Waals surface area contributed by atoms with E-state index in [1.165, 1.54) is 5.39 Å². The first-order valence-corrected chi connectivity index (χ1v) is 6.76. The highest BCUT2D eigenvalue weighted by Crippen LogP contribution is 2.13. The van der Waals surface area contributed by atoms with Gasteiger partial charge in [0.15, 0.2) is 0 Å². The van der Waals surface area contributed by atoms with Gasteiger partial charge in [-0.2, -0.15) is 0 Å². The summed E-state index contributed by atoms with van der Waals surface area (Å²) in [6, 6.07) is 12.4. The molecule has 0 saturated heterocycles.